The van der Waals surface area contributed by atoms with E-state index in [4.69, 9.17) is 0 Å². The van der Waals surface area contributed by atoms with Gasteiger partial charge in [-0.25, -0.2) is 4.98 Å². The van der Waals surface area contributed by atoms with Crippen LogP contribution < -0.4 is 10.9 Å². The number of anilines is 1. The van der Waals surface area contributed by atoms with Crippen LogP contribution in [0, 0.1) is 13.8 Å². The van der Waals surface area contributed by atoms with Crippen LogP contribution in [0.2, 0.25) is 0 Å². The van der Waals surface area contributed by atoms with Gasteiger partial charge >= 0.3 is 0 Å². The maximum absolute atomic E-state index is 12.9. The van der Waals surface area contributed by atoms with Crippen molar-refractivity contribution in [3.63, 3.8) is 0 Å². The molecule has 154 valence electrons. The molecule has 0 fully saturated rings. The zero-order chi connectivity index (χ0) is 21.6. The van der Waals surface area contributed by atoms with Gasteiger partial charge in [0.05, 0.1) is 33.2 Å². The number of nitrogens with zero attached hydrogens (tertiary/aromatic N) is 4. The number of hydrogen-bond acceptors (Lipinski definition) is 5. The van der Waals surface area contributed by atoms with E-state index in [0.29, 0.717) is 16.1 Å². The summed E-state index contributed by atoms with van der Waals surface area (Å²) in [5.41, 5.74) is 2.89. The maximum Gasteiger partial charge on any atom is 0.261 e. The summed E-state index contributed by atoms with van der Waals surface area (Å²) in [6.07, 6.45) is 0. The summed E-state index contributed by atoms with van der Waals surface area (Å²) in [5.74, 6) is -0.160. The fraction of sp³-hybridized carbons (Fsp3) is 0.273. The second-order valence-electron chi connectivity index (χ2n) is 7.39. The number of carbonyl (C=O) groups is 1. The zero-order valence-corrected chi connectivity index (χ0v) is 18.4. The van der Waals surface area contributed by atoms with E-state index < -0.39 is 5.25 Å². The Morgan fingerprint density at radius 1 is 1.13 bits per heavy atom. The molecule has 0 aliphatic carbocycles. The Morgan fingerprint density at radius 3 is 2.43 bits per heavy atom. The first-order chi connectivity index (χ1) is 14.3. The second-order valence-corrected chi connectivity index (χ2v) is 8.70. The average Bonchev–Trinajstić information content (AvgIpc) is 2.96. The van der Waals surface area contributed by atoms with Gasteiger partial charge in [-0.15, -0.1) is 0 Å². The van der Waals surface area contributed by atoms with E-state index in [0.717, 1.165) is 27.8 Å². The molecule has 1 atom stereocenters. The molecule has 1 amide bonds. The Balaban J connectivity index is 1.65. The lowest BCUT2D eigenvalue weighted by Crippen LogP contribution is -2.26. The monoisotopic (exact) mass is 421 g/mol. The molecule has 0 saturated carbocycles. The van der Waals surface area contributed by atoms with Crippen LogP contribution in [-0.4, -0.2) is 30.5 Å². The zero-order valence-electron chi connectivity index (χ0n) is 17.6. The second kappa shape index (κ2) is 7.60. The minimum atomic E-state index is -0.444. The van der Waals surface area contributed by atoms with Crippen LogP contribution in [-0.2, 0) is 18.9 Å². The molecule has 1 N–H and O–H groups in total. The van der Waals surface area contributed by atoms with Crippen LogP contribution in [0.1, 0.15) is 18.3 Å². The molecule has 2 aromatic carbocycles. The number of fused-ring (bicyclic) bond motifs is 2. The summed E-state index contributed by atoms with van der Waals surface area (Å²) in [4.78, 5) is 30.4. The van der Waals surface area contributed by atoms with Gasteiger partial charge in [0.1, 0.15) is 0 Å². The fourth-order valence-electron chi connectivity index (χ4n) is 3.43. The Bertz CT molecular complexity index is 1360. The highest BCUT2D eigenvalue weighted by Crippen LogP contribution is 2.26. The van der Waals surface area contributed by atoms with Crippen LogP contribution >= 0.6 is 11.8 Å². The topological polar surface area (TPSA) is 81.8 Å². The molecular weight excluding hydrogens is 398 g/mol. The van der Waals surface area contributed by atoms with Crippen LogP contribution in [0.5, 0.6) is 0 Å². The highest BCUT2D eigenvalue weighted by atomic mass is 32.2. The van der Waals surface area contributed by atoms with E-state index >= 15 is 0 Å². The summed E-state index contributed by atoms with van der Waals surface area (Å²) in [6.45, 7) is 5.57. The third-order valence-corrected chi connectivity index (χ3v) is 6.45. The van der Waals surface area contributed by atoms with Crippen molar-refractivity contribution < 1.29 is 4.79 Å². The SMILES string of the molecule is Cc1nn(C)c(C)c1NC(=O)[C@@H](C)Sc1nc2cc3ccccc3cc2c(=O)n1C. The number of hydrogen-bond donors (Lipinski definition) is 1. The van der Waals surface area contributed by atoms with Crippen LogP contribution in [0.25, 0.3) is 21.7 Å². The average molecular weight is 422 g/mol. The molecule has 0 radical (unpaired) electrons. The number of amides is 1. The van der Waals surface area contributed by atoms with Crippen LogP contribution in [0.4, 0.5) is 5.69 Å². The fourth-order valence-corrected chi connectivity index (χ4v) is 4.31. The van der Waals surface area contributed by atoms with E-state index in [9.17, 15) is 9.59 Å². The van der Waals surface area contributed by atoms with Crippen molar-refractivity contribution in [2.75, 3.05) is 5.32 Å². The molecule has 0 spiro atoms. The lowest BCUT2D eigenvalue weighted by atomic mass is 10.1. The van der Waals surface area contributed by atoms with E-state index in [2.05, 4.69) is 15.4 Å². The largest absolute Gasteiger partial charge is 0.322 e. The van der Waals surface area contributed by atoms with E-state index in [1.807, 2.05) is 57.3 Å². The predicted molar refractivity (Wildman–Crippen MR) is 121 cm³/mol. The van der Waals surface area contributed by atoms with Crippen LogP contribution in [0.3, 0.4) is 0 Å². The van der Waals surface area contributed by atoms with Crippen molar-refractivity contribution in [1.82, 2.24) is 19.3 Å². The Labute approximate surface area is 178 Å². The summed E-state index contributed by atoms with van der Waals surface area (Å²) in [6, 6.07) is 11.7. The quantitative estimate of drug-likeness (QED) is 0.310. The normalized spacial score (nSPS) is 12.4. The number of thioether (sulfide) groups is 1. The van der Waals surface area contributed by atoms with Gasteiger partial charge in [-0.3, -0.25) is 18.8 Å². The molecule has 0 aliphatic heterocycles. The lowest BCUT2D eigenvalue weighted by molar-refractivity contribution is -0.115. The van der Waals surface area contributed by atoms with Gasteiger partial charge in [-0.2, -0.15) is 5.10 Å². The Kier molecular flexibility index (Phi) is 5.11. The van der Waals surface area contributed by atoms with Gasteiger partial charge < -0.3 is 5.32 Å². The van der Waals surface area contributed by atoms with Crippen molar-refractivity contribution in [1.29, 1.82) is 0 Å². The number of carbonyl (C=O) groups excluding carboxylic acids is 1. The first kappa shape index (κ1) is 20.2. The van der Waals surface area contributed by atoms with Gasteiger partial charge in [0.25, 0.3) is 5.56 Å². The first-order valence-corrected chi connectivity index (χ1v) is 10.5. The van der Waals surface area contributed by atoms with Crippen molar-refractivity contribution in [3.8, 4) is 0 Å². The van der Waals surface area contributed by atoms with Gasteiger partial charge in [-0.05, 0) is 43.7 Å². The molecule has 0 bridgehead atoms. The molecule has 0 unspecified atom stereocenters. The number of rotatable bonds is 4. The first-order valence-electron chi connectivity index (χ1n) is 9.63. The highest BCUT2D eigenvalue weighted by Gasteiger charge is 2.21. The summed E-state index contributed by atoms with van der Waals surface area (Å²) in [7, 11) is 3.53. The van der Waals surface area contributed by atoms with E-state index in [-0.39, 0.29) is 11.5 Å². The Morgan fingerprint density at radius 2 is 1.80 bits per heavy atom. The Hall–Kier alpha value is -3.13. The molecule has 4 rings (SSSR count). The molecule has 2 heterocycles. The van der Waals surface area contributed by atoms with Gasteiger partial charge in [0.15, 0.2) is 5.16 Å². The third-order valence-electron chi connectivity index (χ3n) is 5.31. The van der Waals surface area contributed by atoms with Crippen molar-refractivity contribution >= 4 is 45.0 Å². The lowest BCUT2D eigenvalue weighted by Gasteiger charge is -2.14. The number of aryl methyl sites for hydroxylation is 2. The standard InChI is InChI=1S/C22H23N5O2S/c1-12-19(13(2)27(5)25-12)24-20(28)14(3)30-22-23-18-11-16-9-7-6-8-15(16)10-17(18)21(29)26(22)4/h6-11,14H,1-5H3,(H,24,28)/t14-/m1/s1. The number of nitrogens with one attached hydrogen (secondary N) is 1. The minimum Gasteiger partial charge on any atom is -0.322 e. The van der Waals surface area contributed by atoms with E-state index in [1.54, 1.807) is 18.7 Å². The highest BCUT2D eigenvalue weighted by molar-refractivity contribution is 8.00. The predicted octanol–water partition coefficient (Wildman–Crippen LogP) is 3.56. The molecule has 30 heavy (non-hydrogen) atoms. The summed E-state index contributed by atoms with van der Waals surface area (Å²) < 4.78 is 3.24. The molecule has 8 heteroatoms. The molecule has 2 aromatic heterocycles. The third kappa shape index (κ3) is 3.47. The maximum atomic E-state index is 12.9. The number of benzene rings is 2. The summed E-state index contributed by atoms with van der Waals surface area (Å²) >= 11 is 1.26. The molecule has 4 aromatic rings. The molecule has 0 aliphatic rings. The smallest absolute Gasteiger partial charge is 0.261 e. The van der Waals surface area contributed by atoms with E-state index in [1.165, 1.54) is 16.3 Å². The van der Waals surface area contributed by atoms with Crippen LogP contribution in [0.15, 0.2) is 46.3 Å². The van der Waals surface area contributed by atoms with Gasteiger partial charge in [-0.1, -0.05) is 36.0 Å². The van der Waals surface area contributed by atoms with Gasteiger partial charge in [0, 0.05) is 14.1 Å². The van der Waals surface area contributed by atoms with Gasteiger partial charge in [0.2, 0.25) is 5.91 Å². The molecule has 7 nitrogen and oxygen atoms in total. The van der Waals surface area contributed by atoms with Crippen molar-refractivity contribution in [2.24, 2.45) is 14.1 Å². The minimum absolute atomic E-state index is 0.125. The van der Waals surface area contributed by atoms with Crippen molar-refractivity contribution in [2.45, 2.75) is 31.2 Å². The van der Waals surface area contributed by atoms with Crippen molar-refractivity contribution in [3.05, 3.63) is 58.1 Å². The molecule has 0 saturated heterocycles. The molecular formula is C22H23N5O2S. The summed E-state index contributed by atoms with van der Waals surface area (Å²) in [5, 5.41) is 9.94. The number of aromatic nitrogens is 4.